The number of rotatable bonds is 6. The molecule has 4 nitrogen and oxygen atoms in total. The molecule has 1 saturated heterocycles. The summed E-state index contributed by atoms with van der Waals surface area (Å²) in [5, 5.41) is 13.4. The second-order valence-electron chi connectivity index (χ2n) is 10.4. The van der Waals surface area contributed by atoms with Gasteiger partial charge in [0.25, 0.3) is 5.91 Å². The van der Waals surface area contributed by atoms with Crippen LogP contribution in [0.25, 0.3) is 10.8 Å². The molecule has 0 bridgehead atoms. The molecule has 4 heteroatoms. The lowest BCUT2D eigenvalue weighted by Crippen LogP contribution is -2.46. The molecule has 2 unspecified atom stereocenters. The second kappa shape index (κ2) is 9.89. The highest BCUT2D eigenvalue weighted by molar-refractivity contribution is 5.97. The molecule has 3 aromatic carbocycles. The Morgan fingerprint density at radius 2 is 1.82 bits per heavy atom. The van der Waals surface area contributed by atoms with Crippen LogP contribution in [-0.2, 0) is 12.8 Å². The van der Waals surface area contributed by atoms with Crippen molar-refractivity contribution in [1.82, 2.24) is 9.80 Å². The Hall–Kier alpha value is -2.69. The van der Waals surface area contributed by atoms with E-state index in [1.54, 1.807) is 0 Å². The van der Waals surface area contributed by atoms with Crippen molar-refractivity contribution in [3.63, 3.8) is 0 Å². The zero-order valence-electron chi connectivity index (χ0n) is 20.5. The number of likely N-dealkylation sites (tertiary alicyclic amines) is 1. The molecular weight excluding hydrogens is 420 g/mol. The van der Waals surface area contributed by atoms with Gasteiger partial charge in [-0.3, -0.25) is 4.79 Å². The van der Waals surface area contributed by atoms with Crippen LogP contribution in [0, 0.1) is 19.8 Å². The van der Waals surface area contributed by atoms with Gasteiger partial charge in [-0.2, -0.15) is 0 Å². The van der Waals surface area contributed by atoms with E-state index >= 15 is 0 Å². The molecule has 2 heterocycles. The van der Waals surface area contributed by atoms with Crippen LogP contribution in [0.4, 0.5) is 0 Å². The maximum absolute atomic E-state index is 13.2. The minimum Gasteiger partial charge on any atom is -0.391 e. The van der Waals surface area contributed by atoms with Gasteiger partial charge >= 0.3 is 0 Å². The summed E-state index contributed by atoms with van der Waals surface area (Å²) in [6, 6.07) is 19.0. The predicted molar refractivity (Wildman–Crippen MR) is 138 cm³/mol. The number of benzene rings is 3. The summed E-state index contributed by atoms with van der Waals surface area (Å²) < 4.78 is 0. The highest BCUT2D eigenvalue weighted by atomic mass is 16.3. The smallest absolute Gasteiger partial charge is 0.254 e. The number of β-amino-alcohol motifs (C(OH)–C–C–N with tert-alkyl or cyclic N) is 1. The molecule has 34 heavy (non-hydrogen) atoms. The van der Waals surface area contributed by atoms with Gasteiger partial charge in [-0.15, -0.1) is 0 Å². The number of aliphatic hydroxyl groups excluding tert-OH is 1. The van der Waals surface area contributed by atoms with Crippen molar-refractivity contribution >= 4 is 16.7 Å². The first-order chi connectivity index (χ1) is 16.5. The summed E-state index contributed by atoms with van der Waals surface area (Å²) in [5.41, 5.74) is 5.77. The van der Waals surface area contributed by atoms with E-state index in [-0.39, 0.29) is 12.0 Å². The fraction of sp³-hybridized carbons (Fsp3) is 0.433. The number of fused-ring (bicyclic) bond motifs is 2. The fourth-order valence-electron chi connectivity index (χ4n) is 5.85. The molecule has 0 spiro atoms. The van der Waals surface area contributed by atoms with Crippen molar-refractivity contribution in [3.8, 4) is 0 Å². The molecule has 2 aliphatic rings. The van der Waals surface area contributed by atoms with Gasteiger partial charge in [-0.05, 0) is 84.7 Å². The third-order valence-electron chi connectivity index (χ3n) is 7.77. The molecule has 0 aliphatic carbocycles. The normalized spacial score (nSPS) is 19.9. The van der Waals surface area contributed by atoms with E-state index in [0.717, 1.165) is 51.0 Å². The Labute approximate surface area is 203 Å². The fourth-order valence-corrected chi connectivity index (χ4v) is 5.85. The van der Waals surface area contributed by atoms with Crippen LogP contribution >= 0.6 is 0 Å². The third kappa shape index (κ3) is 4.89. The molecule has 1 amide bonds. The number of carbonyl (C=O) groups excluding carboxylic acids is 1. The standard InChI is InChI=1S/C30H36N2O2/c1-21-15-26-12-14-32(30(34)29(26)16-22(21)2)19-23-7-6-13-31(18-23)20-27(33)17-25-10-5-9-24-8-3-4-11-28(24)25/h3-5,8-11,15-16,23,27,33H,6-7,12-14,17-20H2,1-2H3. The van der Waals surface area contributed by atoms with Gasteiger partial charge in [-0.25, -0.2) is 0 Å². The Bertz CT molecular complexity index is 1180. The van der Waals surface area contributed by atoms with Crippen LogP contribution in [0.5, 0.6) is 0 Å². The highest BCUT2D eigenvalue weighted by Crippen LogP contribution is 2.26. The predicted octanol–water partition coefficient (Wildman–Crippen LogP) is 4.77. The van der Waals surface area contributed by atoms with Crippen LogP contribution in [0.15, 0.2) is 54.6 Å². The number of hydrogen-bond donors (Lipinski definition) is 1. The van der Waals surface area contributed by atoms with E-state index in [1.165, 1.54) is 33.0 Å². The zero-order chi connectivity index (χ0) is 23.7. The van der Waals surface area contributed by atoms with E-state index in [2.05, 4.69) is 78.2 Å². The maximum atomic E-state index is 13.2. The first kappa shape index (κ1) is 23.1. The summed E-state index contributed by atoms with van der Waals surface area (Å²) >= 11 is 0. The average molecular weight is 457 g/mol. The minimum absolute atomic E-state index is 0.192. The molecule has 2 aliphatic heterocycles. The molecule has 1 N–H and O–H groups in total. The maximum Gasteiger partial charge on any atom is 0.254 e. The monoisotopic (exact) mass is 456 g/mol. The van der Waals surface area contributed by atoms with Gasteiger partial charge in [0, 0.05) is 38.2 Å². The van der Waals surface area contributed by atoms with Crippen LogP contribution < -0.4 is 0 Å². The largest absolute Gasteiger partial charge is 0.391 e. The van der Waals surface area contributed by atoms with E-state index in [9.17, 15) is 9.90 Å². The SMILES string of the molecule is Cc1cc2c(cc1C)C(=O)N(CC1CCCN(CC(O)Cc3cccc4ccccc34)C1)CC2. The summed E-state index contributed by atoms with van der Waals surface area (Å²) in [7, 11) is 0. The topological polar surface area (TPSA) is 43.8 Å². The number of hydrogen-bond acceptors (Lipinski definition) is 3. The molecule has 3 aromatic rings. The number of amides is 1. The van der Waals surface area contributed by atoms with Crippen molar-refractivity contribution in [3.05, 3.63) is 82.4 Å². The Balaban J connectivity index is 1.19. The lowest BCUT2D eigenvalue weighted by atomic mass is 9.92. The molecule has 2 atom stereocenters. The molecule has 1 fully saturated rings. The zero-order valence-corrected chi connectivity index (χ0v) is 20.5. The molecule has 178 valence electrons. The van der Waals surface area contributed by atoms with E-state index in [4.69, 9.17) is 0 Å². The molecule has 0 aromatic heterocycles. The Morgan fingerprint density at radius 1 is 1.03 bits per heavy atom. The summed E-state index contributed by atoms with van der Waals surface area (Å²) in [6.45, 7) is 8.52. The Morgan fingerprint density at radius 3 is 2.71 bits per heavy atom. The van der Waals surface area contributed by atoms with E-state index < -0.39 is 0 Å². The third-order valence-corrected chi connectivity index (χ3v) is 7.77. The lowest BCUT2D eigenvalue weighted by molar-refractivity contribution is 0.0580. The van der Waals surface area contributed by atoms with Crippen molar-refractivity contribution < 1.29 is 9.90 Å². The van der Waals surface area contributed by atoms with Gasteiger partial charge in [-0.1, -0.05) is 48.5 Å². The first-order valence-electron chi connectivity index (χ1n) is 12.7. The average Bonchev–Trinajstić information content (AvgIpc) is 2.83. The lowest BCUT2D eigenvalue weighted by Gasteiger charge is -2.38. The summed E-state index contributed by atoms with van der Waals surface area (Å²) in [4.78, 5) is 17.7. The molecule has 0 saturated carbocycles. The van der Waals surface area contributed by atoms with Crippen LogP contribution in [0.3, 0.4) is 0 Å². The Kier molecular flexibility index (Phi) is 6.71. The van der Waals surface area contributed by atoms with Gasteiger partial charge in [0.2, 0.25) is 0 Å². The highest BCUT2D eigenvalue weighted by Gasteiger charge is 2.29. The molecule has 5 rings (SSSR count). The van der Waals surface area contributed by atoms with Crippen LogP contribution in [0.1, 0.15) is 45.5 Å². The van der Waals surface area contributed by atoms with E-state index in [0.29, 0.717) is 18.9 Å². The van der Waals surface area contributed by atoms with Crippen LogP contribution in [-0.4, -0.2) is 59.6 Å². The van der Waals surface area contributed by atoms with Crippen molar-refractivity contribution in [2.45, 2.75) is 45.6 Å². The van der Waals surface area contributed by atoms with Gasteiger partial charge in [0.15, 0.2) is 0 Å². The van der Waals surface area contributed by atoms with Gasteiger partial charge < -0.3 is 14.9 Å². The summed E-state index contributed by atoms with van der Waals surface area (Å²) in [5.74, 6) is 0.660. The van der Waals surface area contributed by atoms with Gasteiger partial charge in [0.1, 0.15) is 0 Å². The number of carbonyl (C=O) groups is 1. The number of aryl methyl sites for hydroxylation is 2. The first-order valence-corrected chi connectivity index (χ1v) is 12.7. The van der Waals surface area contributed by atoms with Crippen molar-refractivity contribution in [1.29, 1.82) is 0 Å². The molecular formula is C30H36N2O2. The van der Waals surface area contributed by atoms with Crippen LogP contribution in [0.2, 0.25) is 0 Å². The minimum atomic E-state index is -0.390. The van der Waals surface area contributed by atoms with Crippen molar-refractivity contribution in [2.24, 2.45) is 5.92 Å². The van der Waals surface area contributed by atoms with Gasteiger partial charge in [0.05, 0.1) is 6.10 Å². The summed E-state index contributed by atoms with van der Waals surface area (Å²) in [6.07, 6.45) is 3.51. The number of aliphatic hydroxyl groups is 1. The van der Waals surface area contributed by atoms with E-state index in [1.807, 2.05) is 0 Å². The number of nitrogens with zero attached hydrogens (tertiary/aromatic N) is 2. The second-order valence-corrected chi connectivity index (χ2v) is 10.4. The quantitative estimate of drug-likeness (QED) is 0.581. The number of piperidine rings is 1. The van der Waals surface area contributed by atoms with Crippen molar-refractivity contribution in [2.75, 3.05) is 32.7 Å². The molecule has 0 radical (unpaired) electrons.